The van der Waals surface area contributed by atoms with Gasteiger partial charge < -0.3 is 25.2 Å². The minimum absolute atomic E-state index is 0.208. The summed E-state index contributed by atoms with van der Waals surface area (Å²) >= 11 is 0. The van der Waals surface area contributed by atoms with E-state index in [0.29, 0.717) is 19.0 Å². The van der Waals surface area contributed by atoms with E-state index in [1.807, 2.05) is 26.4 Å². The van der Waals surface area contributed by atoms with Crippen LogP contribution >= 0.6 is 0 Å². The summed E-state index contributed by atoms with van der Waals surface area (Å²) in [6.45, 7) is 4.39. The van der Waals surface area contributed by atoms with Gasteiger partial charge >= 0.3 is 0 Å². The fraction of sp³-hybridized carbons (Fsp3) is 0.667. The maximum Gasteiger partial charge on any atom is 0.230 e. The Labute approximate surface area is 173 Å². The van der Waals surface area contributed by atoms with Crippen molar-refractivity contribution in [1.29, 1.82) is 0 Å². The Morgan fingerprint density at radius 3 is 2.66 bits per heavy atom. The van der Waals surface area contributed by atoms with Gasteiger partial charge in [-0.1, -0.05) is 18.9 Å². The van der Waals surface area contributed by atoms with Crippen molar-refractivity contribution in [3.63, 3.8) is 0 Å². The molecule has 2 N–H and O–H groups in total. The maximum absolute atomic E-state index is 12.8. The molecular formula is C21H34N6O2. The Hall–Kier alpha value is -2.35. The third-order valence-corrected chi connectivity index (χ3v) is 5.86. The van der Waals surface area contributed by atoms with Crippen molar-refractivity contribution in [2.75, 3.05) is 58.9 Å². The molecule has 2 aliphatic rings. The van der Waals surface area contributed by atoms with Crippen LogP contribution in [0.1, 0.15) is 31.2 Å². The first-order valence-corrected chi connectivity index (χ1v) is 10.5. The van der Waals surface area contributed by atoms with Crippen LogP contribution < -0.4 is 15.5 Å². The lowest BCUT2D eigenvalue weighted by Gasteiger charge is -2.31. The van der Waals surface area contributed by atoms with Crippen molar-refractivity contribution in [2.45, 2.75) is 32.2 Å². The van der Waals surface area contributed by atoms with Crippen molar-refractivity contribution >= 4 is 17.7 Å². The van der Waals surface area contributed by atoms with E-state index in [-0.39, 0.29) is 11.3 Å². The van der Waals surface area contributed by atoms with Crippen molar-refractivity contribution < 1.29 is 9.53 Å². The number of nitrogens with zero attached hydrogens (tertiary/aromatic N) is 4. The molecule has 8 heteroatoms. The van der Waals surface area contributed by atoms with Crippen molar-refractivity contribution in [3.05, 3.63) is 23.9 Å². The molecule has 0 spiro atoms. The van der Waals surface area contributed by atoms with Crippen LogP contribution in [0.15, 0.2) is 23.3 Å². The zero-order valence-electron chi connectivity index (χ0n) is 17.9. The van der Waals surface area contributed by atoms with E-state index in [1.165, 1.54) is 0 Å². The molecule has 3 rings (SSSR count). The number of pyridine rings is 1. The van der Waals surface area contributed by atoms with E-state index in [1.54, 1.807) is 11.9 Å². The second-order valence-corrected chi connectivity index (χ2v) is 8.05. The molecule has 1 aliphatic heterocycles. The largest absolute Gasteiger partial charge is 0.378 e. The molecule has 2 fully saturated rings. The number of anilines is 1. The van der Waals surface area contributed by atoms with Gasteiger partial charge in [0.15, 0.2) is 5.96 Å². The van der Waals surface area contributed by atoms with Gasteiger partial charge in [0.1, 0.15) is 5.82 Å². The highest BCUT2D eigenvalue weighted by molar-refractivity contribution is 5.85. The van der Waals surface area contributed by atoms with E-state index in [2.05, 4.69) is 31.6 Å². The van der Waals surface area contributed by atoms with Crippen LogP contribution in [0.2, 0.25) is 0 Å². The first-order chi connectivity index (χ1) is 14.1. The van der Waals surface area contributed by atoms with Crippen LogP contribution in [-0.4, -0.2) is 75.7 Å². The number of hydrogen-bond acceptors (Lipinski definition) is 5. The highest BCUT2D eigenvalue weighted by Gasteiger charge is 2.42. The molecule has 1 aliphatic carbocycles. The average molecular weight is 403 g/mol. The van der Waals surface area contributed by atoms with Gasteiger partial charge in [-0.25, -0.2) is 4.98 Å². The van der Waals surface area contributed by atoms with Crippen LogP contribution in [-0.2, 0) is 16.1 Å². The molecule has 1 aromatic rings. The Morgan fingerprint density at radius 1 is 1.28 bits per heavy atom. The molecule has 1 amide bonds. The van der Waals surface area contributed by atoms with E-state index < -0.39 is 0 Å². The Balaban J connectivity index is 1.61. The van der Waals surface area contributed by atoms with E-state index in [0.717, 1.165) is 63.4 Å². The topological polar surface area (TPSA) is 82.1 Å². The molecule has 2 heterocycles. The smallest absolute Gasteiger partial charge is 0.230 e. The summed E-state index contributed by atoms with van der Waals surface area (Å²) in [5, 5.41) is 6.79. The van der Waals surface area contributed by atoms with Gasteiger partial charge in [0, 0.05) is 59.1 Å². The van der Waals surface area contributed by atoms with Gasteiger partial charge in [0.25, 0.3) is 0 Å². The highest BCUT2D eigenvalue weighted by Crippen LogP contribution is 2.38. The summed E-state index contributed by atoms with van der Waals surface area (Å²) in [7, 11) is 5.44. The number of ether oxygens (including phenoxy) is 1. The van der Waals surface area contributed by atoms with E-state index in [4.69, 9.17) is 4.74 Å². The number of rotatable bonds is 6. The summed E-state index contributed by atoms with van der Waals surface area (Å²) in [6.07, 6.45) is 5.89. The summed E-state index contributed by atoms with van der Waals surface area (Å²) in [5.74, 6) is 1.91. The molecule has 0 unspecified atom stereocenters. The van der Waals surface area contributed by atoms with Crippen molar-refractivity contribution in [3.8, 4) is 0 Å². The van der Waals surface area contributed by atoms with Crippen LogP contribution in [0.4, 0.5) is 5.82 Å². The summed E-state index contributed by atoms with van der Waals surface area (Å²) in [5.41, 5.74) is 0.797. The summed E-state index contributed by atoms with van der Waals surface area (Å²) < 4.78 is 5.46. The van der Waals surface area contributed by atoms with Gasteiger partial charge in [-0.05, 0) is 18.9 Å². The molecule has 1 aromatic heterocycles. The zero-order valence-corrected chi connectivity index (χ0v) is 17.9. The number of morpholine rings is 1. The molecule has 1 saturated heterocycles. The number of aromatic nitrogens is 1. The van der Waals surface area contributed by atoms with Crippen LogP contribution in [0.25, 0.3) is 0 Å². The standard InChI is InChI=1S/C21H34N6O2/c1-22-20(25-16-21(8-4-5-9-21)19(28)26(2)3)24-15-17-7-6-10-23-18(17)27-11-13-29-14-12-27/h6-7,10H,4-5,8-9,11-16H2,1-3H3,(H2,22,24,25). The normalized spacial score (nSPS) is 19.1. The fourth-order valence-corrected chi connectivity index (χ4v) is 4.27. The predicted octanol–water partition coefficient (Wildman–Crippen LogP) is 1.23. The molecule has 1 saturated carbocycles. The Bertz CT molecular complexity index is 709. The Morgan fingerprint density at radius 2 is 2.00 bits per heavy atom. The van der Waals surface area contributed by atoms with Crippen molar-refractivity contribution in [2.24, 2.45) is 10.4 Å². The van der Waals surface area contributed by atoms with E-state index >= 15 is 0 Å². The lowest BCUT2D eigenvalue weighted by atomic mass is 9.84. The SMILES string of the molecule is CN=C(NCc1cccnc1N1CCOCC1)NCC1(C(=O)N(C)C)CCCC1. The lowest BCUT2D eigenvalue weighted by molar-refractivity contribution is -0.138. The highest BCUT2D eigenvalue weighted by atomic mass is 16.5. The predicted molar refractivity (Wildman–Crippen MR) is 115 cm³/mol. The van der Waals surface area contributed by atoms with Gasteiger partial charge in [-0.2, -0.15) is 0 Å². The fourth-order valence-electron chi connectivity index (χ4n) is 4.27. The number of aliphatic imine (C=N–C) groups is 1. The first kappa shape index (κ1) is 21.4. The second-order valence-electron chi connectivity index (χ2n) is 8.05. The number of hydrogen-bond donors (Lipinski definition) is 2. The quantitative estimate of drug-likeness (QED) is 0.550. The molecule has 0 bridgehead atoms. The number of carbonyl (C=O) groups is 1. The molecule has 160 valence electrons. The Kier molecular flexibility index (Phi) is 7.30. The molecule has 8 nitrogen and oxygen atoms in total. The van der Waals surface area contributed by atoms with Gasteiger partial charge in [-0.3, -0.25) is 9.79 Å². The number of amides is 1. The minimum atomic E-state index is -0.325. The van der Waals surface area contributed by atoms with Gasteiger partial charge in [-0.15, -0.1) is 0 Å². The van der Waals surface area contributed by atoms with Crippen molar-refractivity contribution in [1.82, 2.24) is 20.5 Å². The third-order valence-electron chi connectivity index (χ3n) is 5.86. The van der Waals surface area contributed by atoms with Crippen LogP contribution in [0, 0.1) is 5.41 Å². The molecule has 0 radical (unpaired) electrons. The van der Waals surface area contributed by atoms with E-state index in [9.17, 15) is 4.79 Å². The summed E-state index contributed by atoms with van der Waals surface area (Å²) in [6, 6.07) is 4.05. The molecule has 0 aromatic carbocycles. The number of guanidine groups is 1. The lowest BCUT2D eigenvalue weighted by Crippen LogP contribution is -2.49. The molecule has 0 atom stereocenters. The number of carbonyl (C=O) groups excluding carboxylic acids is 1. The third kappa shape index (κ3) is 5.18. The first-order valence-electron chi connectivity index (χ1n) is 10.5. The maximum atomic E-state index is 12.8. The summed E-state index contributed by atoms with van der Waals surface area (Å²) in [4.78, 5) is 25.7. The van der Waals surface area contributed by atoms with Crippen LogP contribution in [0.5, 0.6) is 0 Å². The molecule has 29 heavy (non-hydrogen) atoms. The zero-order chi connectivity index (χ0) is 20.7. The second kappa shape index (κ2) is 9.91. The van der Waals surface area contributed by atoms with Gasteiger partial charge in [0.05, 0.1) is 18.6 Å². The minimum Gasteiger partial charge on any atom is -0.378 e. The monoisotopic (exact) mass is 402 g/mol. The van der Waals surface area contributed by atoms with Gasteiger partial charge in [0.2, 0.25) is 5.91 Å². The average Bonchev–Trinajstić information content (AvgIpc) is 3.24. The number of nitrogens with one attached hydrogen (secondary N) is 2. The van der Waals surface area contributed by atoms with Crippen LogP contribution in [0.3, 0.4) is 0 Å². The molecular weight excluding hydrogens is 368 g/mol.